The molecule has 0 radical (unpaired) electrons. The van der Waals surface area contributed by atoms with Crippen molar-refractivity contribution in [3.63, 3.8) is 0 Å². The van der Waals surface area contributed by atoms with Gasteiger partial charge in [0.25, 0.3) is 0 Å². The van der Waals surface area contributed by atoms with Crippen LogP contribution in [0.5, 0.6) is 0 Å². The van der Waals surface area contributed by atoms with Crippen molar-refractivity contribution in [1.82, 2.24) is 4.57 Å². The molecule has 3 nitrogen and oxygen atoms in total. The van der Waals surface area contributed by atoms with Crippen molar-refractivity contribution in [2.24, 2.45) is 5.92 Å². The Balaban J connectivity index is 1.18. The van der Waals surface area contributed by atoms with Crippen LogP contribution in [0, 0.1) is 5.92 Å². The number of aromatic nitrogens is 1. The topological polar surface area (TPSA) is 11.4 Å². The number of benzene rings is 5. The van der Waals surface area contributed by atoms with E-state index in [1.165, 1.54) is 21.5 Å². The second kappa shape index (κ2) is 14.7. The van der Waals surface area contributed by atoms with E-state index in [1.54, 1.807) is 0 Å². The monoisotopic (exact) mass is 719 g/mol. The molecule has 0 saturated heterocycles. The van der Waals surface area contributed by atoms with Crippen molar-refractivity contribution in [2.75, 3.05) is 9.80 Å². The molecular weight excluding hydrogens is 676 g/mol. The third kappa shape index (κ3) is 6.42. The van der Waals surface area contributed by atoms with Crippen molar-refractivity contribution in [3.05, 3.63) is 162 Å². The molecule has 6 heteroatoms. The standard InChI is InChI=1S/C48H44F3N3/c49-44-29-34(30-45(50)48(44)51)33-21-23-39(24-22-33)54-46-27-25-40(52(35-13-5-1-6-14-35)36-15-7-2-8-16-36)31-42(46)43-32-41(26-28-47(43)54)53(37-17-9-3-10-18-37)38-19-11-4-12-20-38/h1-21,25,27-28,31-32,34,39,41,44-45,48H,22-24,26,29-30H2. The minimum Gasteiger partial charge on any atom is -0.337 e. The highest BCUT2D eigenvalue weighted by Crippen LogP contribution is 2.42. The molecule has 9 rings (SSSR count). The maximum atomic E-state index is 14.4. The quantitative estimate of drug-likeness (QED) is 0.145. The number of allylic oxidation sites excluding steroid dienone is 2. The van der Waals surface area contributed by atoms with Gasteiger partial charge in [-0.25, -0.2) is 13.2 Å². The second-order valence-corrected chi connectivity index (χ2v) is 14.9. The Morgan fingerprint density at radius 3 is 1.67 bits per heavy atom. The molecule has 1 heterocycles. The van der Waals surface area contributed by atoms with Gasteiger partial charge in [-0.05, 0) is 111 Å². The van der Waals surface area contributed by atoms with Gasteiger partial charge in [0.05, 0.1) is 6.04 Å². The highest BCUT2D eigenvalue weighted by molar-refractivity contribution is 5.90. The molecule has 0 amide bonds. The fourth-order valence-corrected chi connectivity index (χ4v) is 9.12. The summed E-state index contributed by atoms with van der Waals surface area (Å²) in [6.45, 7) is 0. The minimum absolute atomic E-state index is 0.0749. The van der Waals surface area contributed by atoms with E-state index < -0.39 is 18.5 Å². The van der Waals surface area contributed by atoms with E-state index in [2.05, 4.69) is 160 Å². The third-order valence-corrected chi connectivity index (χ3v) is 11.7. The van der Waals surface area contributed by atoms with Gasteiger partial charge in [-0.15, -0.1) is 0 Å². The molecule has 3 aliphatic carbocycles. The summed E-state index contributed by atoms with van der Waals surface area (Å²) in [6, 6.07) is 49.3. The van der Waals surface area contributed by atoms with Crippen LogP contribution in [-0.2, 0) is 0 Å². The van der Waals surface area contributed by atoms with Gasteiger partial charge in [0.2, 0.25) is 0 Å². The van der Waals surface area contributed by atoms with E-state index in [9.17, 15) is 13.2 Å². The molecule has 0 aliphatic heterocycles. The molecular formula is C48H44F3N3. The molecule has 0 spiro atoms. The Morgan fingerprint density at radius 2 is 1.13 bits per heavy atom. The molecule has 0 bridgehead atoms. The first-order chi connectivity index (χ1) is 26.5. The van der Waals surface area contributed by atoms with Gasteiger partial charge in [0, 0.05) is 55.9 Å². The summed E-state index contributed by atoms with van der Waals surface area (Å²) in [7, 11) is 0. The smallest absolute Gasteiger partial charge is 0.162 e. The van der Waals surface area contributed by atoms with Crippen LogP contribution in [0.1, 0.15) is 44.6 Å². The van der Waals surface area contributed by atoms with Crippen LogP contribution in [0.25, 0.3) is 23.1 Å². The number of hydrogen-bond donors (Lipinski definition) is 0. The van der Waals surface area contributed by atoms with E-state index >= 15 is 0 Å². The average Bonchev–Trinajstić information content (AvgIpc) is 3.55. The predicted octanol–water partition coefficient (Wildman–Crippen LogP) is 11.4. The van der Waals surface area contributed by atoms with Crippen LogP contribution in [0.4, 0.5) is 41.6 Å². The molecule has 4 atom stereocenters. The van der Waals surface area contributed by atoms with E-state index in [-0.39, 0.29) is 30.8 Å². The third-order valence-electron chi connectivity index (χ3n) is 11.7. The molecule has 1 saturated carbocycles. The maximum absolute atomic E-state index is 14.4. The summed E-state index contributed by atoms with van der Waals surface area (Å²) in [6.07, 6.45) is 4.98. The molecule has 3 aliphatic rings. The molecule has 0 N–H and O–H groups in total. The lowest BCUT2D eigenvalue weighted by Crippen LogP contribution is -2.40. The lowest BCUT2D eigenvalue weighted by atomic mass is 9.77. The normalized spacial score (nSPS) is 23.8. The SMILES string of the molecule is FC1CC(C2=CCC(n3c4c(c5cc(N(c6ccccc6)c6ccccc6)ccc53)=CC(N(c3ccccc3)c3ccccc3)CC=4)CC2)CC(F)C1F. The number of halogens is 3. The fraction of sp³-hybridized carbons (Fsp3) is 0.250. The zero-order valence-electron chi connectivity index (χ0n) is 30.2. The van der Waals surface area contributed by atoms with Crippen LogP contribution < -0.4 is 20.4 Å². The van der Waals surface area contributed by atoms with Crippen molar-refractivity contribution in [3.8, 4) is 0 Å². The van der Waals surface area contributed by atoms with Crippen LogP contribution in [0.3, 0.4) is 0 Å². The number of nitrogens with zero attached hydrogens (tertiary/aromatic N) is 3. The lowest BCUT2D eigenvalue weighted by Gasteiger charge is -2.35. The molecule has 272 valence electrons. The minimum atomic E-state index is -2.00. The van der Waals surface area contributed by atoms with Gasteiger partial charge >= 0.3 is 0 Å². The van der Waals surface area contributed by atoms with E-state index in [0.717, 1.165) is 59.7 Å². The summed E-state index contributed by atoms with van der Waals surface area (Å²) in [4.78, 5) is 4.75. The number of hydrogen-bond acceptors (Lipinski definition) is 2. The van der Waals surface area contributed by atoms with Crippen molar-refractivity contribution in [1.29, 1.82) is 0 Å². The van der Waals surface area contributed by atoms with Crippen LogP contribution >= 0.6 is 0 Å². The first-order valence-corrected chi connectivity index (χ1v) is 19.3. The second-order valence-electron chi connectivity index (χ2n) is 14.9. The Bertz CT molecular complexity index is 2290. The van der Waals surface area contributed by atoms with Crippen molar-refractivity contribution >= 4 is 51.5 Å². The van der Waals surface area contributed by atoms with Gasteiger partial charge in [0.15, 0.2) is 6.17 Å². The Hall–Kier alpha value is -5.49. The Morgan fingerprint density at radius 1 is 0.574 bits per heavy atom. The highest BCUT2D eigenvalue weighted by atomic mass is 19.2. The van der Waals surface area contributed by atoms with Crippen molar-refractivity contribution < 1.29 is 13.2 Å². The molecule has 1 fully saturated rings. The summed E-state index contributed by atoms with van der Waals surface area (Å²) < 4.78 is 45.4. The van der Waals surface area contributed by atoms with E-state index in [1.807, 2.05) is 12.1 Å². The van der Waals surface area contributed by atoms with E-state index in [0.29, 0.717) is 0 Å². The zero-order valence-corrected chi connectivity index (χ0v) is 30.2. The van der Waals surface area contributed by atoms with Gasteiger partial charge in [-0.2, -0.15) is 0 Å². The van der Waals surface area contributed by atoms with E-state index in [4.69, 9.17) is 0 Å². The number of fused-ring (bicyclic) bond motifs is 3. The summed E-state index contributed by atoms with van der Waals surface area (Å²) >= 11 is 0. The Kier molecular flexibility index (Phi) is 9.36. The summed E-state index contributed by atoms with van der Waals surface area (Å²) in [5.74, 6) is -0.231. The van der Waals surface area contributed by atoms with Crippen molar-refractivity contribution in [2.45, 2.75) is 69.1 Å². The lowest BCUT2D eigenvalue weighted by molar-refractivity contribution is 0.0246. The van der Waals surface area contributed by atoms with Gasteiger partial charge in [-0.1, -0.05) is 96.6 Å². The molecule has 4 unspecified atom stereocenters. The van der Waals surface area contributed by atoms with Gasteiger partial charge < -0.3 is 14.4 Å². The molecule has 6 aromatic rings. The number of rotatable bonds is 8. The Labute approximate surface area is 315 Å². The largest absolute Gasteiger partial charge is 0.337 e. The average molecular weight is 720 g/mol. The first kappa shape index (κ1) is 34.3. The van der Waals surface area contributed by atoms with Gasteiger partial charge in [-0.3, -0.25) is 0 Å². The molecule has 5 aromatic carbocycles. The fourth-order valence-electron chi connectivity index (χ4n) is 9.12. The zero-order chi connectivity index (χ0) is 36.6. The van der Waals surface area contributed by atoms with Crippen LogP contribution in [0.15, 0.2) is 151 Å². The predicted molar refractivity (Wildman–Crippen MR) is 217 cm³/mol. The van der Waals surface area contributed by atoms with Gasteiger partial charge in [0.1, 0.15) is 12.3 Å². The summed E-state index contributed by atoms with van der Waals surface area (Å²) in [5.41, 5.74) is 7.80. The maximum Gasteiger partial charge on any atom is 0.162 e. The van der Waals surface area contributed by atoms with Crippen LogP contribution in [-0.4, -0.2) is 29.1 Å². The number of para-hydroxylation sites is 4. The highest BCUT2D eigenvalue weighted by Gasteiger charge is 2.40. The number of alkyl halides is 3. The first-order valence-electron chi connectivity index (χ1n) is 19.3. The number of anilines is 5. The summed E-state index contributed by atoms with van der Waals surface area (Å²) in [5, 5.41) is 3.63. The molecule has 54 heavy (non-hydrogen) atoms. The van der Waals surface area contributed by atoms with Crippen LogP contribution in [0.2, 0.25) is 0 Å². The molecule has 1 aromatic heterocycles.